The van der Waals surface area contributed by atoms with Gasteiger partial charge >= 0.3 is 0 Å². The molecule has 0 amide bonds. The fourth-order valence-electron chi connectivity index (χ4n) is 2.81. The molecule has 2 fully saturated rings. The van der Waals surface area contributed by atoms with Crippen molar-refractivity contribution >= 4 is 0 Å². The van der Waals surface area contributed by atoms with Gasteiger partial charge in [-0.1, -0.05) is 13.8 Å². The number of nitrogens with zero attached hydrogens (tertiary/aromatic N) is 1. The molecule has 2 nitrogen and oxygen atoms in total. The molecule has 1 heterocycles. The van der Waals surface area contributed by atoms with Crippen LogP contribution in [-0.2, 0) is 0 Å². The molecule has 3 unspecified atom stereocenters. The highest BCUT2D eigenvalue weighted by Gasteiger charge is 2.45. The minimum atomic E-state index is 0.406. The summed E-state index contributed by atoms with van der Waals surface area (Å²) in [6.45, 7) is 9.50. The van der Waals surface area contributed by atoms with Crippen LogP contribution in [0.1, 0.15) is 40.0 Å². The van der Waals surface area contributed by atoms with Crippen LogP contribution < -0.4 is 5.73 Å². The van der Waals surface area contributed by atoms with E-state index in [1.165, 1.54) is 25.8 Å². The largest absolute Gasteiger partial charge is 0.327 e. The van der Waals surface area contributed by atoms with Gasteiger partial charge in [-0.3, -0.25) is 4.90 Å². The summed E-state index contributed by atoms with van der Waals surface area (Å²) in [5.41, 5.74) is 6.68. The zero-order valence-electron chi connectivity index (χ0n) is 9.79. The number of piperidine rings is 1. The van der Waals surface area contributed by atoms with Gasteiger partial charge < -0.3 is 5.73 Å². The van der Waals surface area contributed by atoms with E-state index in [4.69, 9.17) is 5.73 Å². The highest BCUT2D eigenvalue weighted by atomic mass is 15.2. The van der Waals surface area contributed by atoms with Crippen molar-refractivity contribution in [1.29, 1.82) is 0 Å². The molecule has 14 heavy (non-hydrogen) atoms. The lowest BCUT2D eigenvalue weighted by Gasteiger charge is -2.41. The molecule has 2 N–H and O–H groups in total. The van der Waals surface area contributed by atoms with E-state index in [-0.39, 0.29) is 0 Å². The van der Waals surface area contributed by atoms with Crippen molar-refractivity contribution < 1.29 is 0 Å². The molecule has 0 aromatic heterocycles. The van der Waals surface area contributed by atoms with Crippen molar-refractivity contribution in [2.45, 2.75) is 52.1 Å². The molecule has 2 heteroatoms. The first-order valence-electron chi connectivity index (χ1n) is 6.01. The van der Waals surface area contributed by atoms with Crippen LogP contribution in [0.25, 0.3) is 0 Å². The average Bonchev–Trinajstić information content (AvgIpc) is 2.82. The van der Waals surface area contributed by atoms with Gasteiger partial charge in [0.15, 0.2) is 0 Å². The van der Waals surface area contributed by atoms with E-state index in [1.54, 1.807) is 0 Å². The Hall–Kier alpha value is -0.0800. The second-order valence-corrected chi connectivity index (χ2v) is 5.88. The molecule has 1 aliphatic heterocycles. The van der Waals surface area contributed by atoms with Gasteiger partial charge in [0, 0.05) is 25.2 Å². The van der Waals surface area contributed by atoms with Crippen molar-refractivity contribution in [2.75, 3.05) is 13.1 Å². The molecule has 0 aromatic carbocycles. The van der Waals surface area contributed by atoms with Crippen molar-refractivity contribution in [3.8, 4) is 0 Å². The summed E-state index contributed by atoms with van der Waals surface area (Å²) in [6.07, 6.45) is 4.03. The van der Waals surface area contributed by atoms with E-state index < -0.39 is 0 Å². The lowest BCUT2D eigenvalue weighted by molar-refractivity contribution is 0.0873. The quantitative estimate of drug-likeness (QED) is 0.730. The summed E-state index contributed by atoms with van der Waals surface area (Å²) < 4.78 is 0. The fraction of sp³-hybridized carbons (Fsp3) is 1.00. The van der Waals surface area contributed by atoms with E-state index in [9.17, 15) is 0 Å². The summed E-state index contributed by atoms with van der Waals surface area (Å²) in [6, 6.07) is 1.14. The van der Waals surface area contributed by atoms with Crippen LogP contribution in [0.2, 0.25) is 0 Å². The molecule has 0 spiro atoms. The Morgan fingerprint density at radius 1 is 1.36 bits per heavy atom. The third-order valence-electron chi connectivity index (χ3n) is 4.32. The van der Waals surface area contributed by atoms with Crippen LogP contribution in [0.5, 0.6) is 0 Å². The van der Waals surface area contributed by atoms with E-state index in [0.29, 0.717) is 11.5 Å². The van der Waals surface area contributed by atoms with E-state index in [0.717, 1.165) is 18.5 Å². The number of hydrogen-bond acceptors (Lipinski definition) is 2. The van der Waals surface area contributed by atoms with Gasteiger partial charge in [0.05, 0.1) is 0 Å². The third kappa shape index (κ3) is 1.96. The van der Waals surface area contributed by atoms with Crippen molar-refractivity contribution in [2.24, 2.45) is 17.1 Å². The first kappa shape index (κ1) is 10.4. The van der Waals surface area contributed by atoms with Gasteiger partial charge in [-0.25, -0.2) is 0 Å². The molecule has 1 aliphatic carbocycles. The lowest BCUT2D eigenvalue weighted by Crippen LogP contribution is -2.51. The van der Waals surface area contributed by atoms with Gasteiger partial charge in [0.2, 0.25) is 0 Å². The van der Waals surface area contributed by atoms with Crippen molar-refractivity contribution in [1.82, 2.24) is 4.90 Å². The maximum Gasteiger partial charge on any atom is 0.0170 e. The van der Waals surface area contributed by atoms with Crippen molar-refractivity contribution in [3.05, 3.63) is 0 Å². The monoisotopic (exact) mass is 196 g/mol. The topological polar surface area (TPSA) is 29.3 Å². The average molecular weight is 196 g/mol. The second kappa shape index (κ2) is 3.49. The summed E-state index contributed by atoms with van der Waals surface area (Å²) in [5, 5.41) is 0. The molecule has 2 rings (SSSR count). The van der Waals surface area contributed by atoms with Crippen LogP contribution in [0.4, 0.5) is 0 Å². The van der Waals surface area contributed by atoms with Gasteiger partial charge in [0.1, 0.15) is 0 Å². The molecule has 3 atom stereocenters. The molecule has 1 saturated heterocycles. The molecular formula is C12H24N2. The molecule has 0 radical (unpaired) electrons. The van der Waals surface area contributed by atoms with Gasteiger partial charge in [0.25, 0.3) is 0 Å². The first-order valence-corrected chi connectivity index (χ1v) is 6.01. The van der Waals surface area contributed by atoms with Crippen LogP contribution >= 0.6 is 0 Å². The fourth-order valence-corrected chi connectivity index (χ4v) is 2.81. The predicted octanol–water partition coefficient (Wildman–Crippen LogP) is 1.84. The summed E-state index contributed by atoms with van der Waals surface area (Å²) >= 11 is 0. The Morgan fingerprint density at radius 3 is 2.50 bits per heavy atom. The summed E-state index contributed by atoms with van der Waals surface area (Å²) in [7, 11) is 0. The molecule has 82 valence electrons. The molecule has 2 aliphatic rings. The molecule has 0 aromatic rings. The standard InChI is InChI=1S/C12H24N2/c1-9-6-11(13)8-14(7-9)10(2)12(3)4-5-12/h9-11H,4-8,13H2,1-3H3. The maximum absolute atomic E-state index is 6.08. The third-order valence-corrected chi connectivity index (χ3v) is 4.32. The summed E-state index contributed by atoms with van der Waals surface area (Å²) in [5.74, 6) is 0.781. The Labute approximate surface area is 87.8 Å². The highest BCUT2D eigenvalue weighted by Crippen LogP contribution is 2.50. The van der Waals surface area contributed by atoms with Gasteiger partial charge in [-0.2, -0.15) is 0 Å². The maximum atomic E-state index is 6.08. The van der Waals surface area contributed by atoms with E-state index >= 15 is 0 Å². The van der Waals surface area contributed by atoms with E-state index in [1.807, 2.05) is 0 Å². The predicted molar refractivity (Wildman–Crippen MR) is 60.1 cm³/mol. The Bertz CT molecular complexity index is 200. The lowest BCUT2D eigenvalue weighted by atomic mass is 9.91. The van der Waals surface area contributed by atoms with Crippen LogP contribution in [0.3, 0.4) is 0 Å². The van der Waals surface area contributed by atoms with Crippen LogP contribution in [-0.4, -0.2) is 30.1 Å². The second-order valence-electron chi connectivity index (χ2n) is 5.88. The number of rotatable bonds is 2. The smallest absolute Gasteiger partial charge is 0.0170 e. The SMILES string of the molecule is CC1CC(N)CN(C(C)C2(C)CC2)C1. The Balaban J connectivity index is 1.96. The van der Waals surface area contributed by atoms with Gasteiger partial charge in [-0.05, 0) is 37.5 Å². The Kier molecular flexibility index (Phi) is 2.61. The minimum absolute atomic E-state index is 0.406. The van der Waals surface area contributed by atoms with Crippen molar-refractivity contribution in [3.63, 3.8) is 0 Å². The molecule has 0 bridgehead atoms. The number of hydrogen-bond donors (Lipinski definition) is 1. The molecular weight excluding hydrogens is 172 g/mol. The highest BCUT2D eigenvalue weighted by molar-refractivity contribution is 4.99. The normalized spacial score (nSPS) is 39.4. The number of likely N-dealkylation sites (tertiary alicyclic amines) is 1. The van der Waals surface area contributed by atoms with E-state index in [2.05, 4.69) is 25.7 Å². The number of nitrogens with two attached hydrogens (primary N) is 1. The van der Waals surface area contributed by atoms with Gasteiger partial charge in [-0.15, -0.1) is 0 Å². The zero-order chi connectivity index (χ0) is 10.3. The van der Waals surface area contributed by atoms with Crippen LogP contribution in [0, 0.1) is 11.3 Å². The first-order chi connectivity index (χ1) is 6.51. The molecule has 1 saturated carbocycles. The zero-order valence-corrected chi connectivity index (χ0v) is 9.79. The minimum Gasteiger partial charge on any atom is -0.327 e. The van der Waals surface area contributed by atoms with Crippen LogP contribution in [0.15, 0.2) is 0 Å². The summed E-state index contributed by atoms with van der Waals surface area (Å²) in [4.78, 5) is 2.62. The Morgan fingerprint density at radius 2 is 2.00 bits per heavy atom.